The van der Waals surface area contributed by atoms with E-state index in [1.807, 2.05) is 37.3 Å². The number of rotatable bonds is 4. The van der Waals surface area contributed by atoms with Crippen LogP contribution < -0.4 is 0 Å². The third-order valence-corrected chi connectivity index (χ3v) is 5.53. The van der Waals surface area contributed by atoms with Crippen molar-refractivity contribution in [1.29, 1.82) is 0 Å². The van der Waals surface area contributed by atoms with Gasteiger partial charge in [-0.05, 0) is 37.3 Å². The second-order valence-corrected chi connectivity index (χ2v) is 7.84. The summed E-state index contributed by atoms with van der Waals surface area (Å²) in [5, 5.41) is 1.65. The Morgan fingerprint density at radius 1 is 1.13 bits per heavy atom. The number of fused-ring (bicyclic) bond motifs is 1. The molecule has 0 N–H and O–H groups in total. The standard InChI is InChI=1S/C18H16ClNO2S/c1-3-10-23(21,22)18-11-14-6-7-15(19)12-17(14)20(18)16-8-4-13(2)5-9-16/h3-9,11-12H,1,10H2,2H3. The molecule has 0 amide bonds. The van der Waals surface area contributed by atoms with Crippen molar-refractivity contribution in [3.05, 3.63) is 71.8 Å². The molecule has 0 aliphatic carbocycles. The van der Waals surface area contributed by atoms with Crippen LogP contribution in [-0.2, 0) is 9.84 Å². The van der Waals surface area contributed by atoms with E-state index in [1.165, 1.54) is 6.08 Å². The highest BCUT2D eigenvalue weighted by atomic mass is 35.5. The van der Waals surface area contributed by atoms with Crippen LogP contribution in [0.1, 0.15) is 5.56 Å². The van der Waals surface area contributed by atoms with E-state index in [4.69, 9.17) is 11.6 Å². The lowest BCUT2D eigenvalue weighted by molar-refractivity contribution is 0.593. The van der Waals surface area contributed by atoms with E-state index in [1.54, 1.807) is 22.8 Å². The quantitative estimate of drug-likeness (QED) is 0.650. The second-order valence-electron chi connectivity index (χ2n) is 5.43. The maximum absolute atomic E-state index is 12.6. The molecule has 1 heterocycles. The van der Waals surface area contributed by atoms with Crippen LogP contribution in [0.5, 0.6) is 0 Å². The van der Waals surface area contributed by atoms with E-state index in [-0.39, 0.29) is 10.8 Å². The van der Waals surface area contributed by atoms with Crippen LogP contribution in [-0.4, -0.2) is 18.7 Å². The van der Waals surface area contributed by atoms with Crippen molar-refractivity contribution < 1.29 is 8.42 Å². The number of aryl methyl sites for hydroxylation is 1. The van der Waals surface area contributed by atoms with Gasteiger partial charge >= 0.3 is 0 Å². The van der Waals surface area contributed by atoms with E-state index in [9.17, 15) is 8.42 Å². The third-order valence-electron chi connectivity index (χ3n) is 3.68. The summed E-state index contributed by atoms with van der Waals surface area (Å²) in [6.45, 7) is 5.53. The van der Waals surface area contributed by atoms with Gasteiger partial charge in [0.2, 0.25) is 0 Å². The summed E-state index contributed by atoms with van der Waals surface area (Å²) in [5.41, 5.74) is 2.67. The van der Waals surface area contributed by atoms with Gasteiger partial charge in [0, 0.05) is 16.1 Å². The minimum Gasteiger partial charge on any atom is -0.300 e. The number of sulfone groups is 1. The number of halogens is 1. The lowest BCUT2D eigenvalue weighted by Gasteiger charge is -2.11. The van der Waals surface area contributed by atoms with E-state index < -0.39 is 9.84 Å². The molecule has 3 rings (SSSR count). The molecule has 0 atom stereocenters. The number of benzene rings is 2. The van der Waals surface area contributed by atoms with Gasteiger partial charge in [-0.15, -0.1) is 6.58 Å². The summed E-state index contributed by atoms with van der Waals surface area (Å²) in [6, 6.07) is 14.8. The SMILES string of the molecule is C=CCS(=O)(=O)c1cc2ccc(Cl)cc2n1-c1ccc(C)cc1. The molecule has 118 valence electrons. The molecule has 0 unspecified atom stereocenters. The molecule has 0 fully saturated rings. The molecule has 3 nitrogen and oxygen atoms in total. The lowest BCUT2D eigenvalue weighted by Crippen LogP contribution is -2.10. The molecular formula is C18H16ClNO2S. The van der Waals surface area contributed by atoms with E-state index in [2.05, 4.69) is 6.58 Å². The molecule has 23 heavy (non-hydrogen) atoms. The van der Waals surface area contributed by atoms with Crippen molar-refractivity contribution in [3.8, 4) is 5.69 Å². The zero-order valence-electron chi connectivity index (χ0n) is 12.7. The van der Waals surface area contributed by atoms with Crippen LogP contribution in [0.2, 0.25) is 5.02 Å². The molecule has 0 aliphatic rings. The Morgan fingerprint density at radius 2 is 1.83 bits per heavy atom. The lowest BCUT2D eigenvalue weighted by atomic mass is 10.2. The van der Waals surface area contributed by atoms with Gasteiger partial charge in [-0.3, -0.25) is 0 Å². The molecule has 0 aliphatic heterocycles. The van der Waals surface area contributed by atoms with Gasteiger partial charge in [-0.1, -0.05) is 41.4 Å². The van der Waals surface area contributed by atoms with Crippen molar-refractivity contribution in [2.45, 2.75) is 11.9 Å². The fourth-order valence-corrected chi connectivity index (χ4v) is 4.01. The van der Waals surface area contributed by atoms with Crippen molar-refractivity contribution in [2.75, 3.05) is 5.75 Å². The zero-order chi connectivity index (χ0) is 16.6. The Labute approximate surface area is 140 Å². The first-order valence-electron chi connectivity index (χ1n) is 7.14. The predicted molar refractivity (Wildman–Crippen MR) is 95.3 cm³/mol. The number of hydrogen-bond acceptors (Lipinski definition) is 2. The molecule has 0 radical (unpaired) electrons. The topological polar surface area (TPSA) is 39.1 Å². The van der Waals surface area contributed by atoms with Crippen LogP contribution in [0, 0.1) is 6.92 Å². The van der Waals surface area contributed by atoms with Crippen molar-refractivity contribution >= 4 is 32.3 Å². The second kappa shape index (κ2) is 5.87. The van der Waals surface area contributed by atoms with Crippen LogP contribution >= 0.6 is 11.6 Å². The predicted octanol–water partition coefficient (Wildman–Crippen LogP) is 4.55. The molecule has 3 aromatic rings. The largest absolute Gasteiger partial charge is 0.300 e. The first kappa shape index (κ1) is 15.8. The summed E-state index contributed by atoms with van der Waals surface area (Å²) < 4.78 is 27.0. The number of hydrogen-bond donors (Lipinski definition) is 0. The smallest absolute Gasteiger partial charge is 0.197 e. The van der Waals surface area contributed by atoms with E-state index in [0.29, 0.717) is 5.02 Å². The Kier molecular flexibility index (Phi) is 4.04. The average Bonchev–Trinajstić information content (AvgIpc) is 2.87. The summed E-state index contributed by atoms with van der Waals surface area (Å²) in [4.78, 5) is 0. The summed E-state index contributed by atoms with van der Waals surface area (Å²) >= 11 is 6.11. The van der Waals surface area contributed by atoms with Gasteiger partial charge in [-0.25, -0.2) is 8.42 Å². The Morgan fingerprint density at radius 3 is 2.48 bits per heavy atom. The Balaban J connectivity index is 2.38. The molecule has 2 aromatic carbocycles. The molecule has 5 heteroatoms. The summed E-state index contributed by atoms with van der Waals surface area (Å²) in [7, 11) is -3.47. The van der Waals surface area contributed by atoms with Crippen molar-refractivity contribution in [2.24, 2.45) is 0 Å². The van der Waals surface area contributed by atoms with Gasteiger partial charge < -0.3 is 4.57 Å². The number of aromatic nitrogens is 1. The molecule has 0 spiro atoms. The van der Waals surface area contributed by atoms with Gasteiger partial charge in [0.25, 0.3) is 0 Å². The highest BCUT2D eigenvalue weighted by molar-refractivity contribution is 7.91. The normalized spacial score (nSPS) is 11.7. The maximum atomic E-state index is 12.6. The fourth-order valence-electron chi connectivity index (χ4n) is 2.58. The van der Waals surface area contributed by atoms with Crippen LogP contribution in [0.25, 0.3) is 16.6 Å². The molecule has 0 saturated carbocycles. The monoisotopic (exact) mass is 345 g/mol. The van der Waals surface area contributed by atoms with Crippen molar-refractivity contribution in [3.63, 3.8) is 0 Å². The molecule has 0 bridgehead atoms. The van der Waals surface area contributed by atoms with Gasteiger partial charge in [0.1, 0.15) is 5.03 Å². The molecule has 0 saturated heterocycles. The highest BCUT2D eigenvalue weighted by Gasteiger charge is 2.21. The van der Waals surface area contributed by atoms with Crippen molar-refractivity contribution in [1.82, 2.24) is 4.57 Å². The van der Waals surface area contributed by atoms with E-state index >= 15 is 0 Å². The minimum absolute atomic E-state index is 0.108. The van der Waals surface area contributed by atoms with Gasteiger partial charge in [0.15, 0.2) is 9.84 Å². The molecule has 1 aromatic heterocycles. The van der Waals surface area contributed by atoms with Crippen LogP contribution in [0.15, 0.2) is 66.2 Å². The van der Waals surface area contributed by atoms with Gasteiger partial charge in [0.05, 0.1) is 11.3 Å². The Bertz CT molecular complexity index is 986. The summed E-state index contributed by atoms with van der Waals surface area (Å²) in [6.07, 6.45) is 1.40. The van der Waals surface area contributed by atoms with Gasteiger partial charge in [-0.2, -0.15) is 0 Å². The number of nitrogens with zero attached hydrogens (tertiary/aromatic N) is 1. The first-order chi connectivity index (χ1) is 10.9. The zero-order valence-corrected chi connectivity index (χ0v) is 14.2. The molecular weight excluding hydrogens is 330 g/mol. The third kappa shape index (κ3) is 2.92. The minimum atomic E-state index is -3.47. The highest BCUT2D eigenvalue weighted by Crippen LogP contribution is 2.30. The summed E-state index contributed by atoms with van der Waals surface area (Å²) in [5.74, 6) is -0.108. The van der Waals surface area contributed by atoms with E-state index in [0.717, 1.165) is 22.2 Å². The maximum Gasteiger partial charge on any atom is 0.197 e. The first-order valence-corrected chi connectivity index (χ1v) is 9.17. The van der Waals surface area contributed by atoms with Crippen LogP contribution in [0.3, 0.4) is 0 Å². The average molecular weight is 346 g/mol. The fraction of sp³-hybridized carbons (Fsp3) is 0.111. The Hall–Kier alpha value is -2.04. The van der Waals surface area contributed by atoms with Crippen LogP contribution in [0.4, 0.5) is 0 Å².